The van der Waals surface area contributed by atoms with Gasteiger partial charge in [-0.2, -0.15) is 0 Å². The van der Waals surface area contributed by atoms with Crippen molar-refractivity contribution in [2.45, 2.75) is 105 Å². The van der Waals surface area contributed by atoms with Crippen molar-refractivity contribution in [3.8, 4) is 0 Å². The Bertz CT molecular complexity index is 757. The van der Waals surface area contributed by atoms with E-state index in [-0.39, 0.29) is 32.1 Å². The Kier molecular flexibility index (Phi) is 12.7. The van der Waals surface area contributed by atoms with Crippen molar-refractivity contribution in [3.05, 3.63) is 0 Å². The minimum Gasteiger partial charge on any atom is -0.395 e. The Morgan fingerprint density at radius 1 is 0.974 bits per heavy atom. The Hall–Kier alpha value is -1.09. The van der Waals surface area contributed by atoms with E-state index in [9.17, 15) is 30.3 Å². The fraction of sp³-hybridized carbons (Fsp3) is 0.957. The fourth-order valence-electron chi connectivity index (χ4n) is 5.08. The Morgan fingerprint density at radius 3 is 2.36 bits per heavy atom. The molecule has 1 saturated carbocycles. The van der Waals surface area contributed by atoms with Crippen LogP contribution in [-0.2, 0) is 23.7 Å². The van der Waals surface area contributed by atoms with E-state index >= 15 is 0 Å². The number of hydrogen-bond acceptors (Lipinski definition) is 15. The number of nitrogens with two attached hydrogens (primary N) is 3. The Labute approximate surface area is 226 Å². The van der Waals surface area contributed by atoms with Crippen LogP contribution in [0.25, 0.3) is 0 Å². The third-order valence-corrected chi connectivity index (χ3v) is 7.33. The summed E-state index contributed by atoms with van der Waals surface area (Å²) in [4.78, 5) is 12.4. The van der Waals surface area contributed by atoms with Gasteiger partial charge in [0.2, 0.25) is 5.91 Å². The van der Waals surface area contributed by atoms with Crippen molar-refractivity contribution in [2.75, 3.05) is 32.8 Å². The number of nitrogens with one attached hydrogen (secondary N) is 2. The van der Waals surface area contributed by atoms with Gasteiger partial charge >= 0.3 is 0 Å². The molecule has 0 aromatic rings. The van der Waals surface area contributed by atoms with Crippen LogP contribution in [-0.4, -0.2) is 149 Å². The minimum atomic E-state index is -1.51. The summed E-state index contributed by atoms with van der Waals surface area (Å²) < 4.78 is 23.5. The van der Waals surface area contributed by atoms with Crippen molar-refractivity contribution < 1.29 is 54.4 Å². The van der Waals surface area contributed by atoms with Crippen LogP contribution in [0.15, 0.2) is 0 Å². The average Bonchev–Trinajstić information content (AvgIpc) is 2.90. The molecule has 228 valence electrons. The third-order valence-electron chi connectivity index (χ3n) is 7.33. The number of hydrogen-bond donors (Lipinski definition) is 11. The number of amides is 1. The van der Waals surface area contributed by atoms with E-state index in [4.69, 9.17) is 41.3 Å². The number of carbonyl (C=O) groups excluding carboxylic acids is 1. The molecular formula is C23H45N5O11. The normalized spacial score (nSPS) is 42.2. The zero-order valence-electron chi connectivity index (χ0n) is 21.8. The molecule has 1 amide bonds. The van der Waals surface area contributed by atoms with E-state index in [1.807, 2.05) is 0 Å². The van der Waals surface area contributed by atoms with Gasteiger partial charge in [-0.3, -0.25) is 4.79 Å². The van der Waals surface area contributed by atoms with Crippen LogP contribution < -0.4 is 27.8 Å². The summed E-state index contributed by atoms with van der Waals surface area (Å²) in [7, 11) is 0. The van der Waals surface area contributed by atoms with Crippen LogP contribution in [0.2, 0.25) is 0 Å². The molecule has 1 aliphatic carbocycles. The molecular weight excluding hydrogens is 522 g/mol. The van der Waals surface area contributed by atoms with Crippen LogP contribution in [0.4, 0.5) is 0 Å². The first-order valence-electron chi connectivity index (χ1n) is 13.4. The van der Waals surface area contributed by atoms with Crippen LogP contribution in [0.1, 0.15) is 25.7 Å². The first kappa shape index (κ1) is 32.4. The van der Waals surface area contributed by atoms with Crippen LogP contribution in [0, 0.1) is 0 Å². The quantitative estimate of drug-likeness (QED) is 0.0979. The smallest absolute Gasteiger partial charge is 0.250 e. The number of rotatable bonds is 12. The summed E-state index contributed by atoms with van der Waals surface area (Å²) in [5.41, 5.74) is 18.0. The maximum atomic E-state index is 12.4. The van der Waals surface area contributed by atoms with Gasteiger partial charge in [-0.05, 0) is 19.3 Å². The van der Waals surface area contributed by atoms with E-state index in [0.29, 0.717) is 25.9 Å². The van der Waals surface area contributed by atoms with Gasteiger partial charge in [0.05, 0.1) is 37.5 Å². The summed E-state index contributed by atoms with van der Waals surface area (Å²) in [5, 5.41) is 65.9. The molecule has 39 heavy (non-hydrogen) atoms. The van der Waals surface area contributed by atoms with E-state index < -0.39 is 85.9 Å². The SMILES string of the molecule is NC[C@H](O)C(=O)N[C@@H]1C[C@H](N)[C@@H](O[C@H]2O[C@H](CNCCO)CC[C@H]2N)[C@H](O)[C@H]1O[C@H]1O[C@H](CO)[C@@H](O)C[C@H]1O. The van der Waals surface area contributed by atoms with Crippen molar-refractivity contribution >= 4 is 5.91 Å². The zero-order chi connectivity index (χ0) is 28.7. The average molecular weight is 568 g/mol. The molecule has 3 fully saturated rings. The standard InChI is InChI=1S/C23H45N5O11/c24-7-16(33)21(35)28-13-5-12(26)19(38-22-11(25)2-1-10(36-22)8-27-3-4-29)18(34)20(13)39-23-15(32)6-14(31)17(9-30)37-23/h10-20,22-23,27,29-34H,1-9,24-26H2,(H,28,35)/t10-,11+,12-,13+,14-,15+,16-,17+,18-,19+,20-,22+,23+/m0/s1. The van der Waals surface area contributed by atoms with Crippen LogP contribution in [0.3, 0.4) is 0 Å². The molecule has 2 heterocycles. The highest BCUT2D eigenvalue weighted by Gasteiger charge is 2.49. The number of ether oxygens (including phenoxy) is 4. The molecule has 16 nitrogen and oxygen atoms in total. The van der Waals surface area contributed by atoms with Gasteiger partial charge in [0.25, 0.3) is 0 Å². The van der Waals surface area contributed by atoms with Gasteiger partial charge in [0.1, 0.15) is 36.6 Å². The Morgan fingerprint density at radius 2 is 1.69 bits per heavy atom. The van der Waals surface area contributed by atoms with Crippen molar-refractivity contribution in [2.24, 2.45) is 17.2 Å². The largest absolute Gasteiger partial charge is 0.395 e. The summed E-state index contributed by atoms with van der Waals surface area (Å²) in [5.74, 6) is -0.806. The first-order chi connectivity index (χ1) is 18.6. The second-order valence-electron chi connectivity index (χ2n) is 10.3. The molecule has 0 aromatic carbocycles. The molecule has 2 saturated heterocycles. The highest BCUT2D eigenvalue weighted by Crippen LogP contribution is 2.31. The van der Waals surface area contributed by atoms with Gasteiger partial charge < -0.3 is 77.4 Å². The lowest BCUT2D eigenvalue weighted by atomic mass is 9.83. The lowest BCUT2D eigenvalue weighted by molar-refractivity contribution is -0.310. The van der Waals surface area contributed by atoms with E-state index in [1.165, 1.54) is 0 Å². The topological polar surface area (TPSA) is 277 Å². The molecule has 0 radical (unpaired) electrons. The van der Waals surface area contributed by atoms with Crippen molar-refractivity contribution in [1.29, 1.82) is 0 Å². The highest BCUT2D eigenvalue weighted by molar-refractivity contribution is 5.81. The van der Waals surface area contributed by atoms with E-state index in [0.717, 1.165) is 0 Å². The molecule has 3 rings (SSSR count). The monoisotopic (exact) mass is 567 g/mol. The fourth-order valence-corrected chi connectivity index (χ4v) is 5.08. The van der Waals surface area contributed by atoms with E-state index in [1.54, 1.807) is 0 Å². The lowest BCUT2D eigenvalue weighted by Gasteiger charge is -2.47. The minimum absolute atomic E-state index is 0.0197. The maximum absolute atomic E-state index is 12.4. The van der Waals surface area contributed by atoms with Gasteiger partial charge in [-0.25, -0.2) is 0 Å². The molecule has 14 N–H and O–H groups in total. The second kappa shape index (κ2) is 15.2. The summed E-state index contributed by atoms with van der Waals surface area (Å²) in [6.07, 6.45) is -10.2. The number of carbonyl (C=O) groups is 1. The van der Waals surface area contributed by atoms with Crippen LogP contribution >= 0.6 is 0 Å². The number of aliphatic hydroxyl groups is 6. The highest BCUT2D eigenvalue weighted by atomic mass is 16.7. The molecule has 13 atom stereocenters. The van der Waals surface area contributed by atoms with Gasteiger partial charge in [0, 0.05) is 32.1 Å². The lowest BCUT2D eigenvalue weighted by Crippen LogP contribution is -2.67. The predicted octanol–water partition coefficient (Wildman–Crippen LogP) is -6.10. The van der Waals surface area contributed by atoms with Crippen molar-refractivity contribution in [1.82, 2.24) is 10.6 Å². The summed E-state index contributed by atoms with van der Waals surface area (Å²) >= 11 is 0. The summed E-state index contributed by atoms with van der Waals surface area (Å²) in [6.45, 7) is -0.0294. The van der Waals surface area contributed by atoms with Crippen LogP contribution in [0.5, 0.6) is 0 Å². The summed E-state index contributed by atoms with van der Waals surface area (Å²) in [6, 6.07) is -2.28. The second-order valence-corrected chi connectivity index (χ2v) is 10.3. The maximum Gasteiger partial charge on any atom is 0.250 e. The molecule has 0 aromatic heterocycles. The molecule has 2 aliphatic heterocycles. The first-order valence-corrected chi connectivity index (χ1v) is 13.4. The van der Waals surface area contributed by atoms with E-state index in [2.05, 4.69) is 10.6 Å². The van der Waals surface area contributed by atoms with Crippen molar-refractivity contribution in [3.63, 3.8) is 0 Å². The third kappa shape index (κ3) is 8.46. The predicted molar refractivity (Wildman–Crippen MR) is 134 cm³/mol. The zero-order valence-corrected chi connectivity index (χ0v) is 21.8. The van der Waals surface area contributed by atoms with Gasteiger partial charge in [0.15, 0.2) is 12.6 Å². The molecule has 0 spiro atoms. The molecule has 0 bridgehead atoms. The van der Waals surface area contributed by atoms with Gasteiger partial charge in [-0.1, -0.05) is 0 Å². The van der Waals surface area contributed by atoms with Gasteiger partial charge in [-0.15, -0.1) is 0 Å². The number of aliphatic hydroxyl groups excluding tert-OH is 6. The Balaban J connectivity index is 1.76. The molecule has 0 unspecified atom stereocenters. The molecule has 3 aliphatic rings. The molecule has 16 heteroatoms.